The molecule has 0 amide bonds. The van der Waals surface area contributed by atoms with Crippen molar-refractivity contribution in [3.8, 4) is 0 Å². The normalized spacial score (nSPS) is 45.5. The van der Waals surface area contributed by atoms with Gasteiger partial charge in [-0.05, 0) is 91.5 Å². The SMILES string of the molecule is Cc1ccc(S(=O)(=O)N2[C@@H]3C[C@@]4(C)O[C@@]4(C)C[C@@H]32)cc1.Cc1ccc(S(=O)(=O)N2[C@@H]3C[C@@]4(C)O[C@@]4(C)C[C@@H]32)cc1. The molecule has 40 heavy (non-hydrogen) atoms. The number of benzene rings is 2. The summed E-state index contributed by atoms with van der Waals surface area (Å²) in [6.45, 7) is 12.3. The number of sulfonamides is 2. The van der Waals surface area contributed by atoms with Crippen molar-refractivity contribution >= 4 is 20.0 Å². The molecular weight excluding hydrogens is 548 g/mol. The Balaban J connectivity index is 0.000000132. The lowest BCUT2D eigenvalue weighted by Gasteiger charge is -2.14. The maximum atomic E-state index is 12.7. The predicted octanol–water partition coefficient (Wildman–Crippen LogP) is 4.16. The fraction of sp³-hybridized carbons (Fsp3) is 0.600. The number of fused-ring (bicyclic) bond motifs is 4. The van der Waals surface area contributed by atoms with Crippen LogP contribution in [0.2, 0.25) is 0 Å². The van der Waals surface area contributed by atoms with E-state index in [1.165, 1.54) is 0 Å². The maximum Gasteiger partial charge on any atom is 0.243 e. The van der Waals surface area contributed by atoms with Crippen LogP contribution in [0.4, 0.5) is 0 Å². The summed E-state index contributed by atoms with van der Waals surface area (Å²) in [7, 11) is -6.69. The van der Waals surface area contributed by atoms with Gasteiger partial charge in [0.25, 0.3) is 0 Å². The highest BCUT2D eigenvalue weighted by molar-refractivity contribution is 7.89. The van der Waals surface area contributed by atoms with E-state index >= 15 is 0 Å². The van der Waals surface area contributed by atoms with Crippen LogP contribution in [-0.4, -0.2) is 72.0 Å². The lowest BCUT2D eigenvalue weighted by molar-refractivity contribution is 0.266. The minimum atomic E-state index is -3.34. The van der Waals surface area contributed by atoms with E-state index in [1.807, 2.05) is 38.1 Å². The Morgan fingerprint density at radius 2 is 0.800 bits per heavy atom. The molecule has 2 aromatic rings. The average molecular weight is 587 g/mol. The van der Waals surface area contributed by atoms with Gasteiger partial charge in [-0.25, -0.2) is 16.8 Å². The summed E-state index contributed by atoms with van der Waals surface area (Å²) >= 11 is 0. The van der Waals surface area contributed by atoms with E-state index in [0.717, 1.165) is 36.8 Å². The Bertz CT molecular complexity index is 1440. The van der Waals surface area contributed by atoms with Crippen LogP contribution in [0.15, 0.2) is 58.3 Å². The highest BCUT2D eigenvalue weighted by Gasteiger charge is 2.76. The number of ether oxygens (including phenoxy) is 2. The molecule has 4 saturated heterocycles. The maximum absolute atomic E-state index is 12.7. The third kappa shape index (κ3) is 3.83. The monoisotopic (exact) mass is 586 g/mol. The molecule has 0 aromatic heterocycles. The average Bonchev–Trinajstić information content (AvgIpc) is 3.79. The zero-order valence-electron chi connectivity index (χ0n) is 23.9. The van der Waals surface area contributed by atoms with Crippen molar-refractivity contribution in [1.29, 1.82) is 0 Å². The summed E-state index contributed by atoms with van der Waals surface area (Å²) in [5.41, 5.74) is 1.66. The quantitative estimate of drug-likeness (QED) is 0.499. The first-order chi connectivity index (χ1) is 18.5. The Kier molecular flexibility index (Phi) is 5.38. The van der Waals surface area contributed by atoms with Gasteiger partial charge in [0, 0.05) is 24.2 Å². The third-order valence-electron chi connectivity index (χ3n) is 10.7. The van der Waals surface area contributed by atoms with Gasteiger partial charge in [0.15, 0.2) is 0 Å². The zero-order chi connectivity index (χ0) is 28.7. The second-order valence-corrected chi connectivity index (χ2v) is 17.2. The number of epoxide rings is 2. The standard InChI is InChI=1S/2C15H19NO3S/c2*1-10-4-6-11(7-5-10)20(17,18)16-12-8-14(2)15(3,19-14)9-13(12)16/h2*4-7,12-13H,8-9H2,1-3H3/t2*12-,13+,14-,15+,16?. The molecule has 2 saturated carbocycles. The third-order valence-corrected chi connectivity index (χ3v) is 14.6. The van der Waals surface area contributed by atoms with E-state index in [0.29, 0.717) is 9.79 Å². The molecule has 0 radical (unpaired) electrons. The molecule has 0 N–H and O–H groups in total. The summed E-state index contributed by atoms with van der Waals surface area (Å²) in [5, 5.41) is 0. The topological polar surface area (TPSA) is 99.4 Å². The van der Waals surface area contributed by atoms with Crippen LogP contribution in [0.1, 0.15) is 64.5 Å². The van der Waals surface area contributed by atoms with Crippen molar-refractivity contribution in [2.45, 2.75) is 124 Å². The van der Waals surface area contributed by atoms with E-state index in [9.17, 15) is 16.8 Å². The molecule has 8 nitrogen and oxygen atoms in total. The number of nitrogens with zero attached hydrogens (tertiary/aromatic N) is 2. The number of rotatable bonds is 4. The molecule has 10 atom stereocenters. The van der Waals surface area contributed by atoms with Crippen LogP contribution in [0.3, 0.4) is 0 Å². The Hall–Kier alpha value is -1.82. The van der Waals surface area contributed by atoms with E-state index in [-0.39, 0.29) is 46.6 Å². The second kappa shape index (κ2) is 7.96. The first kappa shape index (κ1) is 27.0. The summed E-state index contributed by atoms with van der Waals surface area (Å²) in [5.74, 6) is 0. The first-order valence-electron chi connectivity index (χ1n) is 14.1. The van der Waals surface area contributed by atoms with Crippen LogP contribution in [0, 0.1) is 13.8 Å². The van der Waals surface area contributed by atoms with Crippen LogP contribution in [0.5, 0.6) is 0 Å². The molecule has 10 heteroatoms. The largest absolute Gasteiger partial charge is 0.363 e. The lowest BCUT2D eigenvalue weighted by Crippen LogP contribution is -2.28. The fourth-order valence-electron chi connectivity index (χ4n) is 7.47. The van der Waals surface area contributed by atoms with E-state index < -0.39 is 20.0 Å². The summed E-state index contributed by atoms with van der Waals surface area (Å²) in [6.07, 6.45) is 3.27. The van der Waals surface area contributed by atoms with Crippen LogP contribution >= 0.6 is 0 Å². The predicted molar refractivity (Wildman–Crippen MR) is 150 cm³/mol. The van der Waals surface area contributed by atoms with Gasteiger partial charge >= 0.3 is 0 Å². The van der Waals surface area contributed by atoms with Gasteiger partial charge in [-0.2, -0.15) is 8.61 Å². The first-order valence-corrected chi connectivity index (χ1v) is 17.0. The molecule has 216 valence electrons. The number of hydrogen-bond donors (Lipinski definition) is 0. The highest BCUT2D eigenvalue weighted by Crippen LogP contribution is 2.64. The van der Waals surface area contributed by atoms with Crippen LogP contribution < -0.4 is 0 Å². The Labute approximate surface area is 237 Å². The fourth-order valence-corrected chi connectivity index (χ4v) is 11.1. The molecule has 2 unspecified atom stereocenters. The molecule has 4 aliphatic heterocycles. The zero-order valence-corrected chi connectivity index (χ0v) is 25.6. The smallest absolute Gasteiger partial charge is 0.243 e. The van der Waals surface area contributed by atoms with Gasteiger partial charge in [0.1, 0.15) is 0 Å². The van der Waals surface area contributed by atoms with Gasteiger partial charge in [-0.1, -0.05) is 35.4 Å². The van der Waals surface area contributed by atoms with E-state index in [4.69, 9.17) is 9.47 Å². The molecular formula is C30H38N2O6S2. The van der Waals surface area contributed by atoms with Gasteiger partial charge in [0.2, 0.25) is 20.0 Å². The second-order valence-electron chi connectivity index (χ2n) is 13.5. The molecule has 6 fully saturated rings. The van der Waals surface area contributed by atoms with E-state index in [1.54, 1.807) is 32.9 Å². The summed E-state index contributed by atoms with van der Waals surface area (Å²) in [4.78, 5) is 0.810. The van der Waals surface area contributed by atoms with Gasteiger partial charge in [-0.15, -0.1) is 0 Å². The number of hydrogen-bond acceptors (Lipinski definition) is 6. The summed E-state index contributed by atoms with van der Waals surface area (Å²) in [6, 6.07) is 14.7. The highest BCUT2D eigenvalue weighted by atomic mass is 32.2. The molecule has 8 rings (SSSR count). The lowest BCUT2D eigenvalue weighted by atomic mass is 9.82. The molecule has 4 heterocycles. The molecule has 6 aliphatic rings. The molecule has 2 aliphatic carbocycles. The van der Waals surface area contributed by atoms with Crippen molar-refractivity contribution in [1.82, 2.24) is 8.61 Å². The Morgan fingerprint density at radius 3 is 1.05 bits per heavy atom. The van der Waals surface area contributed by atoms with Crippen molar-refractivity contribution in [3.63, 3.8) is 0 Å². The van der Waals surface area contributed by atoms with Crippen molar-refractivity contribution in [2.75, 3.05) is 0 Å². The minimum absolute atomic E-state index is 0.119. The van der Waals surface area contributed by atoms with Gasteiger partial charge in [-0.3, -0.25) is 0 Å². The van der Waals surface area contributed by atoms with Crippen molar-refractivity contribution in [3.05, 3.63) is 59.7 Å². The number of aryl methyl sites for hydroxylation is 2. The molecule has 2 aromatic carbocycles. The van der Waals surface area contributed by atoms with Crippen LogP contribution in [0.25, 0.3) is 0 Å². The van der Waals surface area contributed by atoms with Crippen molar-refractivity contribution in [2.24, 2.45) is 0 Å². The summed E-state index contributed by atoms with van der Waals surface area (Å²) < 4.78 is 65.7. The Morgan fingerprint density at radius 1 is 0.550 bits per heavy atom. The molecule has 0 bridgehead atoms. The molecule has 0 spiro atoms. The van der Waals surface area contributed by atoms with E-state index in [2.05, 4.69) is 27.7 Å². The van der Waals surface area contributed by atoms with Crippen molar-refractivity contribution < 1.29 is 26.3 Å². The van der Waals surface area contributed by atoms with Gasteiger partial charge in [0.05, 0.1) is 32.2 Å². The minimum Gasteiger partial charge on any atom is -0.363 e. The van der Waals surface area contributed by atoms with Crippen LogP contribution in [-0.2, 0) is 29.5 Å². The van der Waals surface area contributed by atoms with Gasteiger partial charge < -0.3 is 9.47 Å².